The molecule has 0 fully saturated rings. The lowest BCUT2D eigenvalue weighted by atomic mass is 10.0. The molecule has 3 heterocycles. The van der Waals surface area contributed by atoms with Crippen molar-refractivity contribution in [1.82, 2.24) is 19.5 Å². The topological polar surface area (TPSA) is 83.0 Å². The van der Waals surface area contributed by atoms with E-state index in [0.29, 0.717) is 16.3 Å². The molecule has 0 saturated heterocycles. The van der Waals surface area contributed by atoms with Gasteiger partial charge >= 0.3 is 6.18 Å². The monoisotopic (exact) mass is 512 g/mol. The van der Waals surface area contributed by atoms with Gasteiger partial charge in [0.1, 0.15) is 23.5 Å². The number of benzene rings is 2. The van der Waals surface area contributed by atoms with Crippen molar-refractivity contribution in [2.75, 3.05) is 7.11 Å². The average molecular weight is 513 g/mol. The van der Waals surface area contributed by atoms with E-state index in [1.54, 1.807) is 24.3 Å². The molecule has 5 rings (SSSR count). The van der Waals surface area contributed by atoms with E-state index in [9.17, 15) is 18.0 Å². The van der Waals surface area contributed by atoms with Crippen molar-refractivity contribution < 1.29 is 27.1 Å². The quantitative estimate of drug-likeness (QED) is 0.258. The van der Waals surface area contributed by atoms with E-state index < -0.39 is 23.2 Å². The second-order valence-electron chi connectivity index (χ2n) is 7.77. The summed E-state index contributed by atoms with van der Waals surface area (Å²) in [6.07, 6.45) is -1.06. The number of fused-ring (bicyclic) bond motifs is 1. The number of halogens is 4. The van der Waals surface area contributed by atoms with Crippen molar-refractivity contribution >= 4 is 28.3 Å². The van der Waals surface area contributed by atoms with Gasteiger partial charge in [-0.3, -0.25) is 4.79 Å². The van der Waals surface area contributed by atoms with E-state index in [1.165, 1.54) is 43.9 Å². The predicted molar refractivity (Wildman–Crippen MR) is 125 cm³/mol. The van der Waals surface area contributed by atoms with Crippen LogP contribution in [0.25, 0.3) is 22.5 Å². The minimum absolute atomic E-state index is 0.0169. The average Bonchev–Trinajstić information content (AvgIpc) is 3.49. The largest absolute Gasteiger partial charge is 0.497 e. The number of rotatable bonds is 6. The van der Waals surface area contributed by atoms with Gasteiger partial charge in [-0.15, -0.1) is 0 Å². The molecule has 0 unspecified atom stereocenters. The van der Waals surface area contributed by atoms with Crippen LogP contribution in [0.2, 0.25) is 5.02 Å². The Labute approximate surface area is 207 Å². The Morgan fingerprint density at radius 3 is 2.56 bits per heavy atom. The van der Waals surface area contributed by atoms with Gasteiger partial charge in [0.15, 0.2) is 5.76 Å². The first-order chi connectivity index (χ1) is 17.3. The molecule has 5 aromatic rings. The van der Waals surface area contributed by atoms with E-state index in [0.717, 1.165) is 10.8 Å². The third-order valence-corrected chi connectivity index (χ3v) is 5.80. The first-order valence-electron chi connectivity index (χ1n) is 10.5. The maximum atomic E-state index is 14.6. The number of oxazole rings is 1. The third kappa shape index (κ3) is 4.31. The highest BCUT2D eigenvalue weighted by Gasteiger charge is 2.42. The lowest BCUT2D eigenvalue weighted by Crippen LogP contribution is -2.18. The molecule has 0 aliphatic carbocycles. The number of hydrogen-bond donors (Lipinski definition) is 0. The summed E-state index contributed by atoms with van der Waals surface area (Å²) >= 11 is 5.94. The second kappa shape index (κ2) is 9.12. The Bertz CT molecular complexity index is 1560. The summed E-state index contributed by atoms with van der Waals surface area (Å²) < 4.78 is 55.5. The van der Waals surface area contributed by atoms with Gasteiger partial charge in [0.05, 0.1) is 18.9 Å². The molecule has 11 heteroatoms. The fourth-order valence-electron chi connectivity index (χ4n) is 3.96. The minimum Gasteiger partial charge on any atom is -0.497 e. The molecule has 0 amide bonds. The normalized spacial score (nSPS) is 11.7. The Morgan fingerprint density at radius 2 is 1.89 bits per heavy atom. The van der Waals surface area contributed by atoms with Crippen molar-refractivity contribution in [2.45, 2.75) is 12.7 Å². The van der Waals surface area contributed by atoms with E-state index in [2.05, 4.69) is 15.0 Å². The van der Waals surface area contributed by atoms with Crippen LogP contribution in [0.3, 0.4) is 0 Å². The van der Waals surface area contributed by atoms with E-state index >= 15 is 0 Å². The Balaban J connectivity index is 1.71. The van der Waals surface area contributed by atoms with Crippen LogP contribution < -0.4 is 4.74 Å². The molecule has 0 bridgehead atoms. The third-order valence-electron chi connectivity index (χ3n) is 5.55. The number of ketones is 1. The highest BCUT2D eigenvalue weighted by molar-refractivity contribution is 6.30. The van der Waals surface area contributed by atoms with Crippen molar-refractivity contribution in [2.24, 2.45) is 0 Å². The zero-order chi connectivity index (χ0) is 25.4. The molecule has 0 saturated carbocycles. The van der Waals surface area contributed by atoms with Gasteiger partial charge in [-0.2, -0.15) is 13.2 Å². The van der Waals surface area contributed by atoms with Crippen LogP contribution >= 0.6 is 11.6 Å². The molecular formula is C25H16ClF3N4O3. The zero-order valence-corrected chi connectivity index (χ0v) is 19.3. The van der Waals surface area contributed by atoms with Crippen LogP contribution in [-0.2, 0) is 12.7 Å². The van der Waals surface area contributed by atoms with E-state index in [-0.39, 0.29) is 34.8 Å². The highest BCUT2D eigenvalue weighted by atomic mass is 35.5. The van der Waals surface area contributed by atoms with Crippen molar-refractivity contribution in [1.29, 1.82) is 0 Å². The summed E-state index contributed by atoms with van der Waals surface area (Å²) in [7, 11) is 1.39. The number of hydrogen-bond acceptors (Lipinski definition) is 6. The van der Waals surface area contributed by atoms with Crippen LogP contribution in [0.1, 0.15) is 27.4 Å². The number of nitrogens with zero attached hydrogens (tertiary/aromatic N) is 4. The summed E-state index contributed by atoms with van der Waals surface area (Å²) in [6.45, 7) is -0.148. The molecule has 0 atom stereocenters. The van der Waals surface area contributed by atoms with Crippen LogP contribution in [0.5, 0.6) is 5.75 Å². The van der Waals surface area contributed by atoms with Crippen LogP contribution in [0.4, 0.5) is 13.2 Å². The van der Waals surface area contributed by atoms with Gasteiger partial charge in [0.25, 0.3) is 0 Å². The maximum absolute atomic E-state index is 14.6. The number of carbonyl (C=O) groups excluding carboxylic acids is 1. The van der Waals surface area contributed by atoms with Gasteiger partial charge in [-0.1, -0.05) is 23.7 Å². The molecule has 0 N–H and O–H groups in total. The molecule has 7 nitrogen and oxygen atoms in total. The van der Waals surface area contributed by atoms with Crippen molar-refractivity contribution in [3.05, 3.63) is 94.9 Å². The molecule has 182 valence electrons. The maximum Gasteiger partial charge on any atom is 0.432 e. The fourth-order valence-corrected chi connectivity index (χ4v) is 4.09. The molecule has 0 radical (unpaired) electrons. The highest BCUT2D eigenvalue weighted by Crippen LogP contribution is 2.41. The van der Waals surface area contributed by atoms with Crippen LogP contribution in [-0.4, -0.2) is 32.4 Å². The minimum atomic E-state index is -4.86. The summed E-state index contributed by atoms with van der Waals surface area (Å²) in [5.74, 6) is -1.05. The summed E-state index contributed by atoms with van der Waals surface area (Å²) in [6, 6.07) is 12.4. The van der Waals surface area contributed by atoms with Crippen molar-refractivity contribution in [3.63, 3.8) is 0 Å². The first-order valence-corrected chi connectivity index (χ1v) is 10.9. The smallest absolute Gasteiger partial charge is 0.432 e. The number of aromatic nitrogens is 4. The predicted octanol–water partition coefficient (Wildman–Crippen LogP) is 6.05. The Kier molecular flexibility index (Phi) is 5.97. The fraction of sp³-hybridized carbons (Fsp3) is 0.120. The van der Waals surface area contributed by atoms with Gasteiger partial charge in [0.2, 0.25) is 11.7 Å². The molecular weight excluding hydrogens is 497 g/mol. The summed E-state index contributed by atoms with van der Waals surface area (Å²) in [4.78, 5) is 25.4. The molecule has 2 aromatic carbocycles. The Hall–Kier alpha value is -4.18. The first kappa shape index (κ1) is 23.6. The van der Waals surface area contributed by atoms with Gasteiger partial charge in [0, 0.05) is 28.7 Å². The molecule has 0 aliphatic rings. The lowest BCUT2D eigenvalue weighted by molar-refractivity contribution is -0.143. The van der Waals surface area contributed by atoms with Crippen LogP contribution in [0, 0.1) is 0 Å². The molecule has 36 heavy (non-hydrogen) atoms. The zero-order valence-electron chi connectivity index (χ0n) is 18.6. The van der Waals surface area contributed by atoms with Crippen LogP contribution in [0.15, 0.2) is 71.7 Å². The van der Waals surface area contributed by atoms with Gasteiger partial charge < -0.3 is 13.7 Å². The molecule has 0 aliphatic heterocycles. The molecule has 0 spiro atoms. The summed E-state index contributed by atoms with van der Waals surface area (Å²) in [5, 5.41) is 0.526. The SMILES string of the molecule is COc1ccc2c(c1)c(C(=O)c1cnc(-c3ccncn3)o1)c(C(F)(F)F)n2Cc1ccc(Cl)cc1. The Morgan fingerprint density at radius 1 is 1.11 bits per heavy atom. The number of methoxy groups -OCH3 is 1. The van der Waals surface area contributed by atoms with E-state index in [1.807, 2.05) is 0 Å². The van der Waals surface area contributed by atoms with E-state index in [4.69, 9.17) is 20.8 Å². The second-order valence-corrected chi connectivity index (χ2v) is 8.21. The van der Waals surface area contributed by atoms with Crippen molar-refractivity contribution in [3.8, 4) is 17.3 Å². The van der Waals surface area contributed by atoms with Gasteiger partial charge in [-0.25, -0.2) is 15.0 Å². The van der Waals surface area contributed by atoms with Gasteiger partial charge in [-0.05, 0) is 42.0 Å². The molecule has 3 aromatic heterocycles. The lowest BCUT2D eigenvalue weighted by Gasteiger charge is -2.15. The number of carbonyl (C=O) groups is 1. The number of ether oxygens (including phenoxy) is 1. The number of alkyl halides is 3. The summed E-state index contributed by atoms with van der Waals surface area (Å²) in [5.41, 5.74) is -0.604. The standard InChI is InChI=1S/C25H16ClF3N4O3/c1-35-16-6-7-19-17(10-16)21(22(34)20-11-31-24(36-20)18-8-9-30-13-32-18)23(25(27,28)29)33(19)12-14-2-4-15(26)5-3-14/h2-11,13H,12H2,1H3.